The highest BCUT2D eigenvalue weighted by atomic mass is 16.3. The van der Waals surface area contributed by atoms with Crippen LogP contribution in [0.4, 0.5) is 17.1 Å². The molecule has 2 saturated heterocycles. The molecule has 2 aromatic carbocycles. The number of piperidine rings is 1. The summed E-state index contributed by atoms with van der Waals surface area (Å²) < 4.78 is 5.29. The van der Waals surface area contributed by atoms with Crippen LogP contribution in [0.15, 0.2) is 65.3 Å². The number of fused-ring (bicyclic) bond motifs is 2. The third-order valence-corrected chi connectivity index (χ3v) is 8.94. The molecule has 0 spiro atoms. The first-order chi connectivity index (χ1) is 20.8. The number of anilines is 3. The molecule has 3 aliphatic rings. The molecule has 0 radical (unpaired) electrons. The van der Waals surface area contributed by atoms with Crippen LogP contribution >= 0.6 is 0 Å². The minimum Gasteiger partial charge on any atom is -0.459 e. The number of carbonyl (C=O) groups excluding carboxylic acids is 3. The average molecular weight is 587 g/mol. The minimum absolute atomic E-state index is 0.0576. The summed E-state index contributed by atoms with van der Waals surface area (Å²) in [7, 11) is 0. The van der Waals surface area contributed by atoms with Crippen molar-refractivity contribution in [3.05, 3.63) is 77.7 Å². The van der Waals surface area contributed by atoms with Gasteiger partial charge < -0.3 is 40.6 Å². The Morgan fingerprint density at radius 3 is 2.44 bits per heavy atom. The van der Waals surface area contributed by atoms with Crippen molar-refractivity contribution in [2.45, 2.75) is 38.0 Å². The van der Waals surface area contributed by atoms with Gasteiger partial charge in [-0.3, -0.25) is 14.4 Å². The predicted octanol–water partition coefficient (Wildman–Crippen LogP) is 2.21. The molecular weight excluding hydrogens is 548 g/mol. The van der Waals surface area contributed by atoms with Gasteiger partial charge in [-0.25, -0.2) is 0 Å². The van der Waals surface area contributed by atoms with Crippen LogP contribution in [0, 0.1) is 12.8 Å². The molecule has 6 rings (SSSR count). The Morgan fingerprint density at radius 1 is 1.00 bits per heavy atom. The molecule has 5 N–H and O–H groups in total. The van der Waals surface area contributed by atoms with Gasteiger partial charge in [-0.2, -0.15) is 0 Å². The first kappa shape index (κ1) is 28.8. The highest BCUT2D eigenvalue weighted by Gasteiger charge is 2.54. The van der Waals surface area contributed by atoms with Crippen molar-refractivity contribution < 1.29 is 23.9 Å². The van der Waals surface area contributed by atoms with Crippen LogP contribution in [0.3, 0.4) is 0 Å². The van der Waals surface area contributed by atoms with E-state index >= 15 is 0 Å². The number of hydrogen-bond acceptors (Lipinski definition) is 8. The van der Waals surface area contributed by atoms with Gasteiger partial charge in [0, 0.05) is 50.5 Å². The molecule has 2 aliphatic heterocycles. The monoisotopic (exact) mass is 586 g/mol. The lowest BCUT2D eigenvalue weighted by atomic mass is 10.0. The maximum Gasteiger partial charge on any atom is 0.291 e. The number of piperazine rings is 1. The van der Waals surface area contributed by atoms with Gasteiger partial charge >= 0.3 is 0 Å². The average Bonchev–Trinajstić information content (AvgIpc) is 3.74. The Morgan fingerprint density at radius 2 is 1.74 bits per heavy atom. The van der Waals surface area contributed by atoms with Crippen LogP contribution in [-0.4, -0.2) is 85.2 Å². The van der Waals surface area contributed by atoms with Crippen LogP contribution in [0.2, 0.25) is 0 Å². The molecule has 3 heterocycles. The Bertz CT molecular complexity index is 1490. The molecule has 3 aromatic rings. The van der Waals surface area contributed by atoms with E-state index in [2.05, 4.69) is 45.6 Å². The molecule has 11 heteroatoms. The van der Waals surface area contributed by atoms with Gasteiger partial charge in [0.15, 0.2) is 5.76 Å². The van der Waals surface area contributed by atoms with Crippen molar-refractivity contribution in [3.8, 4) is 0 Å². The standard InChI is InChI=1S/C32H38N6O5/c1-20-6-2-3-7-24(20)36-13-15-37(16-14-36)25-10-9-21(18-23(25)35-31(41)27-8-4-17-43-27)30(40)34-11-5-12-38-26-19-22(32(38)42)29(39)28(26)33/h2-4,6-10,17-18,22,26,28-29,39H,5,11-16,19,33H2,1H3,(H,34,40)(H,35,41)/t22?,26-,28?,29?/m1/s1. The lowest BCUT2D eigenvalue weighted by molar-refractivity contribution is -0.139. The molecule has 1 saturated carbocycles. The maximum absolute atomic E-state index is 13.1. The van der Waals surface area contributed by atoms with E-state index in [4.69, 9.17) is 10.2 Å². The van der Waals surface area contributed by atoms with E-state index in [-0.39, 0.29) is 23.6 Å². The van der Waals surface area contributed by atoms with E-state index in [9.17, 15) is 19.5 Å². The van der Waals surface area contributed by atoms with E-state index in [1.165, 1.54) is 17.5 Å². The topological polar surface area (TPSA) is 144 Å². The Labute approximate surface area is 250 Å². The summed E-state index contributed by atoms with van der Waals surface area (Å²) in [5, 5.41) is 16.0. The van der Waals surface area contributed by atoms with E-state index in [0.717, 1.165) is 31.9 Å². The first-order valence-corrected chi connectivity index (χ1v) is 14.9. The molecule has 4 atom stereocenters. The van der Waals surface area contributed by atoms with Crippen molar-refractivity contribution in [2.24, 2.45) is 11.7 Å². The van der Waals surface area contributed by atoms with Crippen LogP contribution in [0.5, 0.6) is 0 Å². The zero-order valence-corrected chi connectivity index (χ0v) is 24.2. The van der Waals surface area contributed by atoms with Crippen LogP contribution in [-0.2, 0) is 4.79 Å². The summed E-state index contributed by atoms with van der Waals surface area (Å²) in [4.78, 5) is 44.9. The summed E-state index contributed by atoms with van der Waals surface area (Å²) in [5.74, 6) is -0.949. The van der Waals surface area contributed by atoms with Crippen LogP contribution < -0.4 is 26.2 Å². The van der Waals surface area contributed by atoms with E-state index in [1.807, 2.05) is 12.1 Å². The predicted molar refractivity (Wildman–Crippen MR) is 163 cm³/mol. The van der Waals surface area contributed by atoms with Crippen LogP contribution in [0.1, 0.15) is 39.3 Å². The fourth-order valence-electron chi connectivity index (χ4n) is 6.59. The van der Waals surface area contributed by atoms with Crippen molar-refractivity contribution in [1.29, 1.82) is 0 Å². The molecule has 43 heavy (non-hydrogen) atoms. The number of aliphatic hydroxyl groups excluding tert-OH is 1. The minimum atomic E-state index is -0.768. The van der Waals surface area contributed by atoms with Gasteiger partial charge in [0.05, 0.1) is 41.7 Å². The zero-order chi connectivity index (χ0) is 30.1. The molecule has 1 aromatic heterocycles. The number of aliphatic hydroxyl groups is 1. The van der Waals surface area contributed by atoms with Crippen LogP contribution in [0.25, 0.3) is 0 Å². The third kappa shape index (κ3) is 5.70. The largest absolute Gasteiger partial charge is 0.459 e. The number of nitrogens with zero attached hydrogens (tertiary/aromatic N) is 3. The molecule has 1 aliphatic carbocycles. The summed E-state index contributed by atoms with van der Waals surface area (Å²) in [5.41, 5.74) is 10.3. The lowest BCUT2D eigenvalue weighted by Gasteiger charge is -2.38. The molecular formula is C32H38N6O5. The number of benzene rings is 2. The quantitative estimate of drug-likeness (QED) is 0.280. The second-order valence-corrected chi connectivity index (χ2v) is 11.5. The summed E-state index contributed by atoms with van der Waals surface area (Å²) in [6, 6.07) is 16.4. The molecule has 3 unspecified atom stereocenters. The van der Waals surface area contributed by atoms with Crippen molar-refractivity contribution in [3.63, 3.8) is 0 Å². The number of nitrogens with one attached hydrogen (secondary N) is 2. The fourth-order valence-corrected chi connectivity index (χ4v) is 6.59. The summed E-state index contributed by atoms with van der Waals surface area (Å²) in [6.45, 7) is 6.10. The number of para-hydroxylation sites is 1. The van der Waals surface area contributed by atoms with Gasteiger partial charge in [0.1, 0.15) is 0 Å². The van der Waals surface area contributed by atoms with Gasteiger partial charge in [-0.05, 0) is 61.7 Å². The van der Waals surface area contributed by atoms with Crippen molar-refractivity contribution >= 4 is 34.8 Å². The van der Waals surface area contributed by atoms with Gasteiger partial charge in [-0.15, -0.1) is 0 Å². The number of likely N-dealkylation sites (tertiary alicyclic amines) is 1. The van der Waals surface area contributed by atoms with Gasteiger partial charge in [-0.1, -0.05) is 18.2 Å². The number of furan rings is 1. The number of nitrogens with two attached hydrogens (primary N) is 1. The number of aryl methyl sites for hydroxylation is 1. The SMILES string of the molecule is Cc1ccccc1N1CCN(c2ccc(C(=O)NCCCN3C(=O)C4C[C@@H]3C(N)C4O)cc2NC(=O)c2ccco2)CC1. The maximum atomic E-state index is 13.1. The molecule has 3 amide bonds. The highest BCUT2D eigenvalue weighted by Crippen LogP contribution is 2.38. The van der Waals surface area contributed by atoms with Crippen molar-refractivity contribution in [2.75, 3.05) is 54.4 Å². The lowest BCUT2D eigenvalue weighted by Crippen LogP contribution is -2.55. The summed E-state index contributed by atoms with van der Waals surface area (Å²) in [6.07, 6.45) is 1.83. The second kappa shape index (κ2) is 12.1. The zero-order valence-electron chi connectivity index (χ0n) is 24.2. The molecule has 3 fully saturated rings. The number of hydrogen-bond donors (Lipinski definition) is 4. The number of carbonyl (C=O) groups is 3. The molecule has 11 nitrogen and oxygen atoms in total. The Kier molecular flexibility index (Phi) is 8.09. The normalized spacial score (nSPS) is 23.1. The molecule has 226 valence electrons. The smallest absolute Gasteiger partial charge is 0.291 e. The van der Waals surface area contributed by atoms with Crippen molar-refractivity contribution in [1.82, 2.24) is 10.2 Å². The second-order valence-electron chi connectivity index (χ2n) is 11.5. The Balaban J connectivity index is 1.11. The third-order valence-electron chi connectivity index (χ3n) is 8.94. The highest BCUT2D eigenvalue weighted by molar-refractivity contribution is 6.05. The Hall–Kier alpha value is -4.35. The van der Waals surface area contributed by atoms with E-state index in [0.29, 0.717) is 37.2 Å². The fraction of sp³-hybridized carbons (Fsp3) is 0.406. The first-order valence-electron chi connectivity index (χ1n) is 14.9. The van der Waals surface area contributed by atoms with E-state index < -0.39 is 24.0 Å². The van der Waals surface area contributed by atoms with Gasteiger partial charge in [0.2, 0.25) is 5.91 Å². The number of rotatable bonds is 9. The summed E-state index contributed by atoms with van der Waals surface area (Å²) >= 11 is 0. The van der Waals surface area contributed by atoms with E-state index in [1.54, 1.807) is 29.2 Å². The number of amides is 3. The molecule has 2 bridgehead atoms. The van der Waals surface area contributed by atoms with Gasteiger partial charge in [0.25, 0.3) is 11.8 Å².